The van der Waals surface area contributed by atoms with E-state index < -0.39 is 0 Å². The second-order valence-electron chi connectivity index (χ2n) is 5.16. The molecule has 2 rings (SSSR count). The molecule has 21 heavy (non-hydrogen) atoms. The Hall–Kier alpha value is -1.07. The fraction of sp³-hybridized carbons (Fsp3) is 0.562. The number of hydrogen-bond acceptors (Lipinski definition) is 4. The van der Waals surface area contributed by atoms with Gasteiger partial charge in [-0.15, -0.1) is 0 Å². The van der Waals surface area contributed by atoms with E-state index in [9.17, 15) is 4.79 Å². The first kappa shape index (κ1) is 16.3. The molecule has 0 radical (unpaired) electrons. The summed E-state index contributed by atoms with van der Waals surface area (Å²) >= 11 is 3.52. The van der Waals surface area contributed by atoms with Crippen molar-refractivity contribution >= 4 is 21.9 Å². The molecule has 0 saturated carbocycles. The van der Waals surface area contributed by atoms with Crippen molar-refractivity contribution < 1.29 is 14.3 Å². The van der Waals surface area contributed by atoms with Crippen molar-refractivity contribution in [2.75, 3.05) is 26.8 Å². The van der Waals surface area contributed by atoms with E-state index in [2.05, 4.69) is 20.8 Å². The summed E-state index contributed by atoms with van der Waals surface area (Å²) in [6.07, 6.45) is 2.78. The number of halogens is 1. The van der Waals surface area contributed by atoms with Gasteiger partial charge in [0.2, 0.25) is 0 Å². The van der Waals surface area contributed by atoms with Crippen LogP contribution in [0.1, 0.15) is 37.8 Å². The third-order valence-corrected chi connectivity index (χ3v) is 4.43. The van der Waals surface area contributed by atoms with E-state index in [0.29, 0.717) is 13.0 Å². The van der Waals surface area contributed by atoms with Crippen LogP contribution in [0, 0.1) is 0 Å². The largest absolute Gasteiger partial charge is 0.496 e. The fourth-order valence-corrected chi connectivity index (χ4v) is 3.34. The number of rotatable bonds is 6. The van der Waals surface area contributed by atoms with Crippen LogP contribution in [0.3, 0.4) is 0 Å². The number of carbonyl (C=O) groups excluding carboxylic acids is 1. The molecule has 1 aromatic carbocycles. The summed E-state index contributed by atoms with van der Waals surface area (Å²) in [6, 6.07) is 6.09. The van der Waals surface area contributed by atoms with Crippen molar-refractivity contribution in [2.45, 2.75) is 32.2 Å². The molecule has 4 nitrogen and oxygen atoms in total. The number of hydrogen-bond donors (Lipinski definition) is 0. The Morgan fingerprint density at radius 1 is 1.38 bits per heavy atom. The Balaban J connectivity index is 2.21. The van der Waals surface area contributed by atoms with Gasteiger partial charge in [-0.3, -0.25) is 9.69 Å². The molecule has 1 fully saturated rings. The van der Waals surface area contributed by atoms with Gasteiger partial charge < -0.3 is 9.47 Å². The molecule has 1 unspecified atom stereocenters. The number of methoxy groups -OCH3 is 1. The Kier molecular flexibility index (Phi) is 6.06. The summed E-state index contributed by atoms with van der Waals surface area (Å²) in [5, 5.41) is 0. The smallest absolute Gasteiger partial charge is 0.307 e. The van der Waals surface area contributed by atoms with E-state index in [4.69, 9.17) is 9.47 Å². The van der Waals surface area contributed by atoms with Gasteiger partial charge in [0.1, 0.15) is 5.75 Å². The number of nitrogens with zero attached hydrogens (tertiary/aromatic N) is 1. The maximum absolute atomic E-state index is 11.9. The summed E-state index contributed by atoms with van der Waals surface area (Å²) in [7, 11) is 1.65. The highest BCUT2D eigenvalue weighted by molar-refractivity contribution is 9.10. The molecular formula is C16H22BrNO3. The van der Waals surface area contributed by atoms with Gasteiger partial charge in [0.15, 0.2) is 0 Å². The second-order valence-corrected chi connectivity index (χ2v) is 6.02. The standard InChI is InChI=1S/C16H22BrNO3/c1-3-21-16(19)11-14(18-8-4-5-9-18)12-6-7-15(20-2)13(17)10-12/h6-7,10,14H,3-5,8-9,11H2,1-2H3. The molecule has 0 N–H and O–H groups in total. The zero-order valence-electron chi connectivity index (χ0n) is 12.6. The molecule has 1 aliphatic heterocycles. The van der Waals surface area contributed by atoms with Gasteiger partial charge in [-0.2, -0.15) is 0 Å². The summed E-state index contributed by atoms with van der Waals surface area (Å²) in [6.45, 7) is 4.34. The van der Waals surface area contributed by atoms with E-state index in [-0.39, 0.29) is 12.0 Å². The van der Waals surface area contributed by atoms with Gasteiger partial charge >= 0.3 is 5.97 Å². The van der Waals surface area contributed by atoms with Crippen LogP contribution in [0.5, 0.6) is 5.75 Å². The van der Waals surface area contributed by atoms with Gasteiger partial charge in [0, 0.05) is 6.04 Å². The lowest BCUT2D eigenvalue weighted by molar-refractivity contribution is -0.144. The lowest BCUT2D eigenvalue weighted by Gasteiger charge is -2.27. The number of ether oxygens (including phenoxy) is 2. The van der Waals surface area contributed by atoms with Crippen LogP contribution in [0.2, 0.25) is 0 Å². The number of likely N-dealkylation sites (tertiary alicyclic amines) is 1. The quantitative estimate of drug-likeness (QED) is 0.731. The zero-order valence-corrected chi connectivity index (χ0v) is 14.2. The predicted octanol–water partition coefficient (Wildman–Crippen LogP) is 3.55. The third-order valence-electron chi connectivity index (χ3n) is 3.81. The third kappa shape index (κ3) is 4.20. The Bertz CT molecular complexity index is 486. The van der Waals surface area contributed by atoms with Crippen molar-refractivity contribution in [1.82, 2.24) is 4.90 Å². The van der Waals surface area contributed by atoms with Crippen molar-refractivity contribution in [3.05, 3.63) is 28.2 Å². The highest BCUT2D eigenvalue weighted by atomic mass is 79.9. The van der Waals surface area contributed by atoms with Gasteiger partial charge in [0.25, 0.3) is 0 Å². The lowest BCUT2D eigenvalue weighted by Crippen LogP contribution is -2.28. The topological polar surface area (TPSA) is 38.8 Å². The molecule has 1 aliphatic rings. The molecule has 1 aromatic rings. The molecule has 1 atom stereocenters. The molecule has 0 bridgehead atoms. The van der Waals surface area contributed by atoms with E-state index >= 15 is 0 Å². The normalized spacial score (nSPS) is 16.7. The van der Waals surface area contributed by atoms with Gasteiger partial charge in [-0.05, 0) is 66.5 Å². The zero-order chi connectivity index (χ0) is 15.2. The Labute approximate surface area is 134 Å². The highest BCUT2D eigenvalue weighted by Crippen LogP contribution is 2.33. The van der Waals surface area contributed by atoms with Crippen molar-refractivity contribution in [3.8, 4) is 5.75 Å². The molecule has 0 amide bonds. The monoisotopic (exact) mass is 355 g/mol. The van der Waals surface area contributed by atoms with Crippen LogP contribution in [0.15, 0.2) is 22.7 Å². The number of carbonyl (C=O) groups is 1. The van der Waals surface area contributed by atoms with Crippen LogP contribution in [-0.2, 0) is 9.53 Å². The molecule has 5 heteroatoms. The molecular weight excluding hydrogens is 334 g/mol. The van der Waals surface area contributed by atoms with Crippen LogP contribution >= 0.6 is 15.9 Å². The first-order valence-corrected chi connectivity index (χ1v) is 8.18. The molecule has 116 valence electrons. The molecule has 1 saturated heterocycles. The minimum atomic E-state index is -0.138. The summed E-state index contributed by atoms with van der Waals surface area (Å²) < 4.78 is 11.3. The maximum atomic E-state index is 11.9. The Morgan fingerprint density at radius 2 is 2.10 bits per heavy atom. The Morgan fingerprint density at radius 3 is 2.67 bits per heavy atom. The highest BCUT2D eigenvalue weighted by Gasteiger charge is 2.26. The van der Waals surface area contributed by atoms with Crippen molar-refractivity contribution in [3.63, 3.8) is 0 Å². The van der Waals surface area contributed by atoms with Gasteiger partial charge in [-0.1, -0.05) is 6.07 Å². The average molecular weight is 356 g/mol. The van der Waals surface area contributed by atoms with Crippen LogP contribution < -0.4 is 4.74 Å². The molecule has 0 aromatic heterocycles. The van der Waals surface area contributed by atoms with E-state index in [1.54, 1.807) is 7.11 Å². The predicted molar refractivity (Wildman–Crippen MR) is 85.5 cm³/mol. The average Bonchev–Trinajstić information content (AvgIpc) is 2.99. The van der Waals surface area contributed by atoms with Crippen molar-refractivity contribution in [2.24, 2.45) is 0 Å². The van der Waals surface area contributed by atoms with Crippen LogP contribution in [0.4, 0.5) is 0 Å². The fourth-order valence-electron chi connectivity index (χ4n) is 2.78. The summed E-state index contributed by atoms with van der Waals surface area (Å²) in [5.41, 5.74) is 1.12. The molecule has 1 heterocycles. The minimum absolute atomic E-state index is 0.0776. The van der Waals surface area contributed by atoms with Crippen LogP contribution in [-0.4, -0.2) is 37.7 Å². The first-order chi connectivity index (χ1) is 10.2. The minimum Gasteiger partial charge on any atom is -0.496 e. The second kappa shape index (κ2) is 7.80. The van der Waals surface area contributed by atoms with E-state index in [0.717, 1.165) is 28.9 Å². The number of benzene rings is 1. The van der Waals surface area contributed by atoms with Crippen molar-refractivity contribution in [1.29, 1.82) is 0 Å². The maximum Gasteiger partial charge on any atom is 0.307 e. The lowest BCUT2D eigenvalue weighted by atomic mass is 10.0. The first-order valence-electron chi connectivity index (χ1n) is 7.38. The molecule has 0 spiro atoms. The SMILES string of the molecule is CCOC(=O)CC(c1ccc(OC)c(Br)c1)N1CCCC1. The van der Waals surface area contributed by atoms with Crippen LogP contribution in [0.25, 0.3) is 0 Å². The van der Waals surface area contributed by atoms with Gasteiger partial charge in [0.05, 0.1) is 24.6 Å². The van der Waals surface area contributed by atoms with E-state index in [1.807, 2.05) is 25.1 Å². The number of esters is 1. The van der Waals surface area contributed by atoms with Gasteiger partial charge in [-0.25, -0.2) is 0 Å². The van der Waals surface area contributed by atoms with E-state index in [1.165, 1.54) is 12.8 Å². The summed E-state index contributed by atoms with van der Waals surface area (Å²) in [4.78, 5) is 14.3. The molecule has 0 aliphatic carbocycles. The summed E-state index contributed by atoms with van der Waals surface area (Å²) in [5.74, 6) is 0.663.